The monoisotopic (exact) mass is 482 g/mol. The number of para-hydroxylation sites is 1. The highest BCUT2D eigenvalue weighted by Crippen LogP contribution is 2.31. The molecule has 0 spiro atoms. The van der Waals surface area contributed by atoms with Crippen molar-refractivity contribution in [3.8, 4) is 5.75 Å². The van der Waals surface area contributed by atoms with Crippen molar-refractivity contribution >= 4 is 62.0 Å². The fourth-order valence-electron chi connectivity index (χ4n) is 2.97. The van der Waals surface area contributed by atoms with Crippen LogP contribution < -0.4 is 5.32 Å². The van der Waals surface area contributed by atoms with Gasteiger partial charge in [0.1, 0.15) is 11.3 Å². The van der Waals surface area contributed by atoms with E-state index >= 15 is 0 Å². The van der Waals surface area contributed by atoms with Crippen LogP contribution in [0.2, 0.25) is 5.02 Å². The van der Waals surface area contributed by atoms with E-state index < -0.39 is 0 Å². The van der Waals surface area contributed by atoms with Gasteiger partial charge in [-0.05, 0) is 55.0 Å². The number of nitrogens with zero attached hydrogens (tertiary/aromatic N) is 1. The maximum absolute atomic E-state index is 12.6. The number of hydrogen-bond acceptors (Lipinski definition) is 4. The number of fused-ring (bicyclic) bond motifs is 1. The summed E-state index contributed by atoms with van der Waals surface area (Å²) in [6.45, 7) is 1.88. The van der Waals surface area contributed by atoms with E-state index in [9.17, 15) is 9.90 Å². The zero-order chi connectivity index (χ0) is 21.3. The fourth-order valence-corrected chi connectivity index (χ4v) is 3.81. The van der Waals surface area contributed by atoms with Gasteiger partial charge in [-0.15, -0.1) is 0 Å². The molecule has 3 aromatic carbocycles. The van der Waals surface area contributed by atoms with Crippen molar-refractivity contribution in [2.45, 2.75) is 6.92 Å². The highest BCUT2D eigenvalue weighted by atomic mass is 79.9. The molecule has 4 aromatic rings. The number of carbonyl (C=O) groups is 1. The van der Waals surface area contributed by atoms with E-state index in [1.54, 1.807) is 30.3 Å². The van der Waals surface area contributed by atoms with Crippen molar-refractivity contribution in [1.29, 1.82) is 0 Å². The number of anilines is 1. The first-order valence-electron chi connectivity index (χ1n) is 9.03. The number of phenolic OH excluding ortho intramolecular Hbond substituents is 1. The zero-order valence-corrected chi connectivity index (χ0v) is 18.2. The fraction of sp³-hybridized carbons (Fsp3) is 0.0435. The van der Waals surface area contributed by atoms with Gasteiger partial charge in [-0.1, -0.05) is 45.7 Å². The molecule has 0 radical (unpaired) electrons. The molecule has 1 amide bonds. The lowest BCUT2D eigenvalue weighted by molar-refractivity contribution is 0.0998. The van der Waals surface area contributed by atoms with Gasteiger partial charge in [0.15, 0.2) is 5.76 Å². The largest absolute Gasteiger partial charge is 0.506 e. The van der Waals surface area contributed by atoms with Gasteiger partial charge in [0.2, 0.25) is 0 Å². The number of amides is 1. The van der Waals surface area contributed by atoms with Crippen LogP contribution in [-0.2, 0) is 0 Å². The van der Waals surface area contributed by atoms with Crippen molar-refractivity contribution in [3.63, 3.8) is 0 Å². The van der Waals surface area contributed by atoms with Crippen molar-refractivity contribution in [2.24, 2.45) is 4.99 Å². The molecule has 5 nitrogen and oxygen atoms in total. The van der Waals surface area contributed by atoms with E-state index in [0.717, 1.165) is 15.4 Å². The summed E-state index contributed by atoms with van der Waals surface area (Å²) in [4.78, 5) is 16.9. The molecule has 4 rings (SSSR count). The number of furan rings is 1. The molecule has 0 fully saturated rings. The minimum Gasteiger partial charge on any atom is -0.506 e. The molecule has 0 aliphatic rings. The maximum atomic E-state index is 12.6. The van der Waals surface area contributed by atoms with E-state index in [1.165, 1.54) is 6.21 Å². The Labute approximate surface area is 186 Å². The molecule has 2 N–H and O–H groups in total. The highest BCUT2D eigenvalue weighted by molar-refractivity contribution is 9.10. The van der Waals surface area contributed by atoms with E-state index in [1.807, 2.05) is 37.3 Å². The summed E-state index contributed by atoms with van der Waals surface area (Å²) >= 11 is 9.32. The van der Waals surface area contributed by atoms with Crippen LogP contribution in [0.25, 0.3) is 11.0 Å². The van der Waals surface area contributed by atoms with Crippen LogP contribution in [-0.4, -0.2) is 17.2 Å². The number of aliphatic imine (C=N–C) groups is 1. The molecule has 30 heavy (non-hydrogen) atoms. The number of aryl methyl sites for hydroxylation is 1. The van der Waals surface area contributed by atoms with E-state index in [2.05, 4.69) is 26.2 Å². The molecule has 0 atom stereocenters. The summed E-state index contributed by atoms with van der Waals surface area (Å²) in [6, 6.07) is 17.9. The van der Waals surface area contributed by atoms with E-state index in [-0.39, 0.29) is 22.4 Å². The van der Waals surface area contributed by atoms with Gasteiger partial charge in [-0.3, -0.25) is 9.79 Å². The Hall–Kier alpha value is -3.09. The second-order valence-electron chi connectivity index (χ2n) is 6.69. The maximum Gasteiger partial charge on any atom is 0.291 e. The van der Waals surface area contributed by atoms with Gasteiger partial charge in [0.05, 0.1) is 10.7 Å². The zero-order valence-electron chi connectivity index (χ0n) is 15.8. The molecule has 1 heterocycles. The summed E-state index contributed by atoms with van der Waals surface area (Å²) in [5.41, 5.74) is 3.33. The van der Waals surface area contributed by atoms with Gasteiger partial charge in [0, 0.05) is 27.3 Å². The first-order chi connectivity index (χ1) is 14.4. The second kappa shape index (κ2) is 8.34. The van der Waals surface area contributed by atoms with Crippen LogP contribution >= 0.6 is 27.5 Å². The number of carbonyl (C=O) groups excluding carboxylic acids is 1. The van der Waals surface area contributed by atoms with Gasteiger partial charge in [0.25, 0.3) is 5.91 Å². The van der Waals surface area contributed by atoms with Crippen LogP contribution in [0, 0.1) is 6.92 Å². The third-order valence-electron chi connectivity index (χ3n) is 4.52. The topological polar surface area (TPSA) is 74.8 Å². The van der Waals surface area contributed by atoms with E-state index in [4.69, 9.17) is 16.0 Å². The lowest BCUT2D eigenvalue weighted by atomic mass is 10.1. The number of phenols is 1. The number of nitrogens with one attached hydrogen (secondary N) is 1. The molecular formula is C23H16BrClN2O3. The predicted octanol–water partition coefficient (Wildman–Crippen LogP) is 6.87. The lowest BCUT2D eigenvalue weighted by Crippen LogP contribution is -2.11. The standard InChI is InChI=1S/C23H16BrClN2O3/c1-13-8-17(26-12-15-9-16(24)11-18(25)22(15)28)6-7-19(13)27-23(29)21-10-14-4-2-3-5-20(14)30-21/h2-12,28H,1H3,(H,27,29). The van der Waals surface area contributed by atoms with Gasteiger partial charge in [-0.2, -0.15) is 0 Å². The average Bonchev–Trinajstić information content (AvgIpc) is 3.16. The Kier molecular flexibility index (Phi) is 5.61. The summed E-state index contributed by atoms with van der Waals surface area (Å²) in [5.74, 6) is -0.103. The second-order valence-corrected chi connectivity index (χ2v) is 8.01. The molecule has 0 saturated heterocycles. The number of halogens is 2. The minimum absolute atomic E-state index is 0.0324. The molecule has 0 aliphatic heterocycles. The molecule has 0 bridgehead atoms. The summed E-state index contributed by atoms with van der Waals surface area (Å²) in [5, 5.41) is 14.0. The third-order valence-corrected chi connectivity index (χ3v) is 5.26. The highest BCUT2D eigenvalue weighted by Gasteiger charge is 2.13. The SMILES string of the molecule is Cc1cc(N=Cc2cc(Br)cc(Cl)c2O)ccc1NC(=O)c1cc2ccccc2o1. The van der Waals surface area contributed by atoms with Crippen LogP contribution in [0.3, 0.4) is 0 Å². The van der Waals surface area contributed by atoms with Gasteiger partial charge < -0.3 is 14.8 Å². The quantitative estimate of drug-likeness (QED) is 0.311. The first-order valence-corrected chi connectivity index (χ1v) is 10.2. The number of hydrogen-bond donors (Lipinski definition) is 2. The Morgan fingerprint density at radius 1 is 1.17 bits per heavy atom. The van der Waals surface area contributed by atoms with Crippen LogP contribution in [0.4, 0.5) is 11.4 Å². The molecule has 1 aromatic heterocycles. The summed E-state index contributed by atoms with van der Waals surface area (Å²) in [6.07, 6.45) is 1.54. The Balaban J connectivity index is 1.52. The first kappa shape index (κ1) is 20.2. The summed E-state index contributed by atoms with van der Waals surface area (Å²) < 4.78 is 6.35. The number of benzene rings is 3. The number of aromatic hydroxyl groups is 1. The molecule has 150 valence electrons. The summed E-state index contributed by atoms with van der Waals surface area (Å²) in [7, 11) is 0. The predicted molar refractivity (Wildman–Crippen MR) is 123 cm³/mol. The normalized spacial score (nSPS) is 11.3. The molecular weight excluding hydrogens is 468 g/mol. The van der Waals surface area contributed by atoms with Crippen LogP contribution in [0.5, 0.6) is 5.75 Å². The van der Waals surface area contributed by atoms with Gasteiger partial charge >= 0.3 is 0 Å². The number of rotatable bonds is 4. The van der Waals surface area contributed by atoms with Gasteiger partial charge in [-0.25, -0.2) is 0 Å². The Morgan fingerprint density at radius 2 is 1.97 bits per heavy atom. The van der Waals surface area contributed by atoms with Crippen molar-refractivity contribution < 1.29 is 14.3 Å². The van der Waals surface area contributed by atoms with Crippen molar-refractivity contribution in [1.82, 2.24) is 0 Å². The average molecular weight is 484 g/mol. The van der Waals surface area contributed by atoms with Crippen molar-refractivity contribution in [2.75, 3.05) is 5.32 Å². The Bertz CT molecular complexity index is 1260. The molecule has 7 heteroatoms. The molecule has 0 unspecified atom stereocenters. The Morgan fingerprint density at radius 3 is 2.73 bits per heavy atom. The third kappa shape index (κ3) is 4.25. The molecule has 0 aliphatic carbocycles. The smallest absolute Gasteiger partial charge is 0.291 e. The van der Waals surface area contributed by atoms with Crippen LogP contribution in [0.15, 0.2) is 74.5 Å². The minimum atomic E-state index is -0.320. The van der Waals surface area contributed by atoms with E-state index in [0.29, 0.717) is 22.5 Å². The van der Waals surface area contributed by atoms with Crippen molar-refractivity contribution in [3.05, 3.63) is 87.0 Å². The molecule has 0 saturated carbocycles. The van der Waals surface area contributed by atoms with Crippen LogP contribution in [0.1, 0.15) is 21.7 Å². The lowest BCUT2D eigenvalue weighted by Gasteiger charge is -2.08.